The van der Waals surface area contributed by atoms with Crippen molar-refractivity contribution in [3.8, 4) is 16.9 Å². The summed E-state index contributed by atoms with van der Waals surface area (Å²) >= 11 is 6.58. The van der Waals surface area contributed by atoms with E-state index in [1.54, 1.807) is 43.3 Å². The van der Waals surface area contributed by atoms with E-state index in [0.29, 0.717) is 63.1 Å². The molecule has 0 saturated carbocycles. The van der Waals surface area contributed by atoms with Gasteiger partial charge in [0.15, 0.2) is 5.82 Å². The molecule has 3 fully saturated rings. The van der Waals surface area contributed by atoms with Crippen LogP contribution in [0, 0.1) is 0 Å². The number of hydrogen-bond acceptors (Lipinski definition) is 15. The van der Waals surface area contributed by atoms with Crippen LogP contribution in [0.4, 0.5) is 34.5 Å². The summed E-state index contributed by atoms with van der Waals surface area (Å²) in [7, 11) is 0.977. The van der Waals surface area contributed by atoms with Crippen molar-refractivity contribution in [2.75, 3.05) is 93.6 Å². The second kappa shape index (κ2) is 20.9. The molecule has 3 saturated heterocycles. The molecule has 1 unspecified atom stereocenters. The predicted octanol–water partition coefficient (Wildman–Crippen LogP) is 6.54. The maximum Gasteiger partial charge on any atom is 0.264 e. The highest BCUT2D eigenvalue weighted by Gasteiger charge is 2.45. The molecule has 18 nitrogen and oxygen atoms in total. The van der Waals surface area contributed by atoms with Crippen LogP contribution in [0.2, 0.25) is 5.02 Å². The van der Waals surface area contributed by atoms with Gasteiger partial charge in [-0.05, 0) is 95.4 Å². The molecule has 20 heteroatoms. The lowest BCUT2D eigenvalue weighted by molar-refractivity contribution is -0.136. The minimum absolute atomic E-state index is 0.0853. The number of piperazine rings is 1. The van der Waals surface area contributed by atoms with Crippen LogP contribution in [0.3, 0.4) is 0 Å². The summed E-state index contributed by atoms with van der Waals surface area (Å²) in [6, 6.07) is 16.3. The fourth-order valence-corrected chi connectivity index (χ4v) is 11.4. The standard InChI is InChI=1S/C50H60ClN12O6P/c1-59-31-32(29-54-59)35-27-39(56-50-53-30-36(51)46(58-50)55-37-12-6-7-14-43(37)70(3,4)68)42(69-2)28-41(35)62-25-23-61(24-26-62)33-17-21-60(22-18-33)20-9-5-8-19-52-38-13-10-11-34-45(38)49(67)63(48(34)66)40-15-16-44(64)57-47(40)65/h6-7,10-14,27-31,33,40,52H,5,8-9,15-26H2,1-4H3,(H,57,64,65)(H2,53,55,56,58). The number of nitrogens with one attached hydrogen (secondary N) is 4. The number of hydrogen-bond donors (Lipinski definition) is 4. The van der Waals surface area contributed by atoms with Gasteiger partial charge in [0.2, 0.25) is 17.8 Å². The third-order valence-electron chi connectivity index (χ3n) is 13.7. The van der Waals surface area contributed by atoms with Crippen LogP contribution < -0.4 is 36.2 Å². The first-order valence-electron chi connectivity index (χ1n) is 24.0. The summed E-state index contributed by atoms with van der Waals surface area (Å²) in [6.45, 7) is 10.9. The lowest BCUT2D eigenvalue weighted by Crippen LogP contribution is -2.54. The van der Waals surface area contributed by atoms with Crippen molar-refractivity contribution in [2.45, 2.75) is 57.0 Å². The number of likely N-dealkylation sites (tertiary alicyclic amines) is 1. The lowest BCUT2D eigenvalue weighted by Gasteiger charge is -2.43. The van der Waals surface area contributed by atoms with Crippen LogP contribution in [0.5, 0.6) is 5.75 Å². The smallest absolute Gasteiger partial charge is 0.264 e. The predicted molar refractivity (Wildman–Crippen MR) is 273 cm³/mol. The largest absolute Gasteiger partial charge is 0.494 e. The normalized spacial score (nSPS) is 18.3. The van der Waals surface area contributed by atoms with Gasteiger partial charge in [-0.1, -0.05) is 36.2 Å². The van der Waals surface area contributed by atoms with Crippen LogP contribution in [0.1, 0.15) is 65.7 Å². The Labute approximate surface area is 412 Å². The highest BCUT2D eigenvalue weighted by molar-refractivity contribution is 7.70. The Hall–Kier alpha value is -6.33. The quantitative estimate of drug-likeness (QED) is 0.0444. The number of carbonyl (C=O) groups excluding carboxylic acids is 4. The van der Waals surface area contributed by atoms with Crippen molar-refractivity contribution in [3.63, 3.8) is 0 Å². The van der Waals surface area contributed by atoms with Gasteiger partial charge in [-0.25, -0.2) is 4.98 Å². The molecule has 5 aromatic rings. The number of anilines is 6. The van der Waals surface area contributed by atoms with E-state index in [9.17, 15) is 23.7 Å². The molecule has 6 heterocycles. The summed E-state index contributed by atoms with van der Waals surface area (Å²) < 4.78 is 20.9. The third-order valence-corrected chi connectivity index (χ3v) is 15.6. The maximum atomic E-state index is 13.4. The Kier molecular flexibility index (Phi) is 14.6. The molecule has 0 bridgehead atoms. The number of ether oxygens (including phenoxy) is 1. The van der Waals surface area contributed by atoms with E-state index in [4.69, 9.17) is 21.3 Å². The average Bonchev–Trinajstić information content (AvgIpc) is 3.90. The number of fused-ring (bicyclic) bond motifs is 1. The van der Waals surface area contributed by atoms with E-state index in [2.05, 4.69) is 58.2 Å². The summed E-state index contributed by atoms with van der Waals surface area (Å²) in [4.78, 5) is 68.7. The van der Waals surface area contributed by atoms with E-state index < -0.39 is 36.8 Å². The number of unbranched alkanes of at least 4 members (excludes halogenated alkanes) is 2. The number of halogens is 1. The van der Waals surface area contributed by atoms with Crippen LogP contribution >= 0.6 is 18.7 Å². The van der Waals surface area contributed by atoms with Crippen molar-refractivity contribution < 1.29 is 28.5 Å². The minimum Gasteiger partial charge on any atom is -0.494 e. The molecule has 4 aliphatic rings. The molecule has 3 aromatic carbocycles. The molecule has 0 radical (unpaired) electrons. The third kappa shape index (κ3) is 10.6. The molecule has 4 amide bonds. The molecule has 368 valence electrons. The van der Waals surface area contributed by atoms with Crippen molar-refractivity contribution >= 4 is 82.2 Å². The van der Waals surface area contributed by atoms with Gasteiger partial charge in [0, 0.05) is 92.3 Å². The number of aryl methyl sites for hydroxylation is 1. The summed E-state index contributed by atoms with van der Waals surface area (Å²) in [6.07, 6.45) is 10.9. The van der Waals surface area contributed by atoms with Crippen LogP contribution in [0.25, 0.3) is 11.1 Å². The summed E-state index contributed by atoms with van der Waals surface area (Å²) in [5.41, 5.74) is 5.56. The molecule has 4 N–H and O–H groups in total. The molecular formula is C50H60ClN12O6P. The van der Waals surface area contributed by atoms with Gasteiger partial charge >= 0.3 is 0 Å². The fourth-order valence-electron chi connectivity index (χ4n) is 10.1. The zero-order chi connectivity index (χ0) is 49.1. The first kappa shape index (κ1) is 48.7. The van der Waals surface area contributed by atoms with Gasteiger partial charge in [0.25, 0.3) is 11.8 Å². The number of amides is 4. The zero-order valence-electron chi connectivity index (χ0n) is 40.0. The number of imide groups is 2. The van der Waals surface area contributed by atoms with E-state index in [1.165, 1.54) is 6.20 Å². The Bertz CT molecular complexity index is 2840. The van der Waals surface area contributed by atoms with Crippen molar-refractivity contribution in [3.05, 3.63) is 89.3 Å². The number of methoxy groups -OCH3 is 1. The van der Waals surface area contributed by atoms with Crippen molar-refractivity contribution in [1.29, 1.82) is 0 Å². The number of aromatic nitrogens is 4. The molecule has 1 atom stereocenters. The molecule has 70 heavy (non-hydrogen) atoms. The van der Waals surface area contributed by atoms with Crippen LogP contribution in [-0.4, -0.2) is 143 Å². The zero-order valence-corrected chi connectivity index (χ0v) is 41.7. The van der Waals surface area contributed by atoms with Gasteiger partial charge < -0.3 is 35.1 Å². The van der Waals surface area contributed by atoms with E-state index in [1.807, 2.05) is 43.7 Å². The van der Waals surface area contributed by atoms with Crippen LogP contribution in [-0.2, 0) is 21.2 Å². The molecule has 0 spiro atoms. The van der Waals surface area contributed by atoms with Crippen molar-refractivity contribution in [1.82, 2.24) is 39.8 Å². The van der Waals surface area contributed by atoms with E-state index >= 15 is 0 Å². The molecule has 4 aliphatic heterocycles. The Morgan fingerprint density at radius 2 is 1.61 bits per heavy atom. The molecule has 0 aliphatic carbocycles. The molecule has 2 aromatic heterocycles. The van der Waals surface area contributed by atoms with E-state index in [-0.39, 0.29) is 18.4 Å². The summed E-state index contributed by atoms with van der Waals surface area (Å²) in [5.74, 6) is -0.679. The average molecular weight is 992 g/mol. The Balaban J connectivity index is 0.760. The lowest BCUT2D eigenvalue weighted by atomic mass is 10.0. The van der Waals surface area contributed by atoms with Gasteiger partial charge in [0.1, 0.15) is 24.0 Å². The number of benzene rings is 3. The number of carbonyl (C=O) groups is 4. The maximum absolute atomic E-state index is 13.4. The topological polar surface area (TPSA) is 199 Å². The Morgan fingerprint density at radius 3 is 2.34 bits per heavy atom. The first-order valence-corrected chi connectivity index (χ1v) is 27.0. The minimum atomic E-state index is -2.59. The SMILES string of the molecule is COc1cc(N2CCN(C3CCN(CCCCCNc4cccc5c4C(=O)N(C4CCC(=O)NC4=O)C5=O)CC3)CC2)c(-c2cnn(C)c2)cc1Nc1ncc(Cl)c(Nc2ccccc2P(C)(C)=O)n1. The summed E-state index contributed by atoms with van der Waals surface area (Å²) in [5, 5.41) is 17.8. The highest BCUT2D eigenvalue weighted by Crippen LogP contribution is 2.42. The second-order valence-electron chi connectivity index (χ2n) is 18.7. The number of piperidine rings is 2. The van der Waals surface area contributed by atoms with Crippen LogP contribution in [0.15, 0.2) is 73.2 Å². The van der Waals surface area contributed by atoms with E-state index in [0.717, 1.165) is 99.6 Å². The van der Waals surface area contributed by atoms with Gasteiger partial charge in [-0.3, -0.25) is 39.0 Å². The van der Waals surface area contributed by atoms with Gasteiger partial charge in [0.05, 0.1) is 42.0 Å². The number of rotatable bonds is 17. The van der Waals surface area contributed by atoms with Crippen molar-refractivity contribution in [2.24, 2.45) is 7.05 Å². The van der Waals surface area contributed by atoms with Gasteiger partial charge in [-0.2, -0.15) is 10.1 Å². The fraction of sp³-hybridized carbons (Fsp3) is 0.420. The monoisotopic (exact) mass is 990 g/mol. The first-order chi connectivity index (χ1) is 33.7. The Morgan fingerprint density at radius 1 is 0.843 bits per heavy atom. The van der Waals surface area contributed by atoms with Gasteiger partial charge in [-0.15, -0.1) is 0 Å². The molecule has 9 rings (SSSR count). The number of nitrogens with zero attached hydrogens (tertiary/aromatic N) is 8. The highest BCUT2D eigenvalue weighted by atomic mass is 35.5. The molecular weight excluding hydrogens is 931 g/mol. The second-order valence-corrected chi connectivity index (χ2v) is 22.3. The number of para-hydroxylation sites is 1.